The summed E-state index contributed by atoms with van der Waals surface area (Å²) in [5.41, 5.74) is 1.22. The zero-order valence-corrected chi connectivity index (χ0v) is 12.3. The van der Waals surface area contributed by atoms with Crippen molar-refractivity contribution in [1.82, 2.24) is 0 Å². The largest absolute Gasteiger partial charge is 0.490 e. The Labute approximate surface area is 125 Å². The fraction of sp³-hybridized carbons (Fsp3) is 0.188. The Bertz CT molecular complexity index is 621. The lowest BCUT2D eigenvalue weighted by atomic mass is 10.0. The van der Waals surface area contributed by atoms with E-state index in [1.165, 1.54) is 0 Å². The number of hydrogen-bond donors (Lipinski definition) is 0. The van der Waals surface area contributed by atoms with Gasteiger partial charge in [0.05, 0.1) is 12.2 Å². The van der Waals surface area contributed by atoms with E-state index in [1.807, 2.05) is 30.3 Å². The van der Waals surface area contributed by atoms with Crippen LogP contribution in [0.25, 0.3) is 0 Å². The molecular formula is C16H13BrO3. The molecule has 1 aliphatic heterocycles. The van der Waals surface area contributed by atoms with Crippen molar-refractivity contribution in [3.63, 3.8) is 0 Å². The van der Waals surface area contributed by atoms with E-state index >= 15 is 0 Å². The molecule has 3 rings (SSSR count). The summed E-state index contributed by atoms with van der Waals surface area (Å²) in [6.45, 7) is 1.21. The number of carbonyl (C=O) groups excluding carboxylic acids is 1. The molecular weight excluding hydrogens is 320 g/mol. The summed E-state index contributed by atoms with van der Waals surface area (Å²) in [6, 6.07) is 14.6. The van der Waals surface area contributed by atoms with Crippen LogP contribution in [0.3, 0.4) is 0 Å². The van der Waals surface area contributed by atoms with E-state index < -0.39 is 0 Å². The standard InChI is InChI=1S/C16H13BrO3/c17-12-6-7-14(15(8-12)20-10-13-9-19-13)16(18)11-4-2-1-3-5-11/h1-8,13H,9-10H2. The highest BCUT2D eigenvalue weighted by atomic mass is 79.9. The zero-order valence-electron chi connectivity index (χ0n) is 10.7. The van der Waals surface area contributed by atoms with Crippen LogP contribution in [0.5, 0.6) is 5.75 Å². The van der Waals surface area contributed by atoms with Gasteiger partial charge in [-0.05, 0) is 18.2 Å². The molecule has 0 bridgehead atoms. The molecule has 1 aliphatic rings. The van der Waals surface area contributed by atoms with Gasteiger partial charge in [-0.1, -0.05) is 46.3 Å². The molecule has 0 aliphatic carbocycles. The van der Waals surface area contributed by atoms with Crippen molar-refractivity contribution in [3.05, 3.63) is 64.1 Å². The second kappa shape index (κ2) is 5.77. The second-order valence-electron chi connectivity index (χ2n) is 4.60. The fourth-order valence-corrected chi connectivity index (χ4v) is 2.24. The van der Waals surface area contributed by atoms with Crippen molar-refractivity contribution < 1.29 is 14.3 Å². The summed E-state index contributed by atoms with van der Waals surface area (Å²) in [4.78, 5) is 12.5. The molecule has 0 saturated carbocycles. The van der Waals surface area contributed by atoms with Crippen LogP contribution in [0.2, 0.25) is 0 Å². The van der Waals surface area contributed by atoms with Crippen LogP contribution in [0, 0.1) is 0 Å². The summed E-state index contributed by atoms with van der Waals surface area (Å²) >= 11 is 3.40. The summed E-state index contributed by atoms with van der Waals surface area (Å²) in [5, 5.41) is 0. The number of halogens is 1. The van der Waals surface area contributed by atoms with Gasteiger partial charge in [-0.3, -0.25) is 4.79 Å². The average Bonchev–Trinajstić information content (AvgIpc) is 3.30. The van der Waals surface area contributed by atoms with E-state index in [9.17, 15) is 4.79 Å². The first-order chi connectivity index (χ1) is 9.74. The van der Waals surface area contributed by atoms with Crippen LogP contribution in [-0.2, 0) is 4.74 Å². The van der Waals surface area contributed by atoms with Gasteiger partial charge in [-0.2, -0.15) is 0 Å². The number of ketones is 1. The van der Waals surface area contributed by atoms with Gasteiger partial charge in [0.1, 0.15) is 18.5 Å². The highest BCUT2D eigenvalue weighted by molar-refractivity contribution is 9.10. The lowest BCUT2D eigenvalue weighted by Crippen LogP contribution is -2.09. The third-order valence-electron chi connectivity index (χ3n) is 3.05. The van der Waals surface area contributed by atoms with E-state index in [4.69, 9.17) is 9.47 Å². The number of hydrogen-bond acceptors (Lipinski definition) is 3. The van der Waals surface area contributed by atoms with E-state index in [2.05, 4.69) is 15.9 Å². The van der Waals surface area contributed by atoms with Crippen LogP contribution in [0.4, 0.5) is 0 Å². The quantitative estimate of drug-likeness (QED) is 0.621. The summed E-state index contributed by atoms with van der Waals surface area (Å²) in [6.07, 6.45) is 0.161. The number of carbonyl (C=O) groups is 1. The zero-order chi connectivity index (χ0) is 13.9. The van der Waals surface area contributed by atoms with Gasteiger partial charge in [-0.15, -0.1) is 0 Å². The lowest BCUT2D eigenvalue weighted by molar-refractivity contribution is 0.103. The number of benzene rings is 2. The van der Waals surface area contributed by atoms with Gasteiger partial charge in [0.15, 0.2) is 5.78 Å². The maximum Gasteiger partial charge on any atom is 0.196 e. The molecule has 1 unspecified atom stereocenters. The lowest BCUT2D eigenvalue weighted by Gasteiger charge is -2.10. The van der Waals surface area contributed by atoms with E-state index in [1.54, 1.807) is 18.2 Å². The molecule has 1 saturated heterocycles. The molecule has 0 amide bonds. The first-order valence-corrected chi connectivity index (χ1v) is 7.17. The smallest absolute Gasteiger partial charge is 0.196 e. The SMILES string of the molecule is O=C(c1ccccc1)c1ccc(Br)cc1OCC1CO1. The Hall–Kier alpha value is -1.65. The van der Waals surface area contributed by atoms with Crippen molar-refractivity contribution >= 4 is 21.7 Å². The van der Waals surface area contributed by atoms with E-state index in [-0.39, 0.29) is 11.9 Å². The predicted molar refractivity (Wildman–Crippen MR) is 79.3 cm³/mol. The van der Waals surface area contributed by atoms with Gasteiger partial charge in [0, 0.05) is 10.0 Å². The van der Waals surface area contributed by atoms with E-state index in [0.717, 1.165) is 11.1 Å². The Morgan fingerprint density at radius 3 is 2.70 bits per heavy atom. The van der Waals surface area contributed by atoms with Crippen molar-refractivity contribution in [1.29, 1.82) is 0 Å². The van der Waals surface area contributed by atoms with Crippen molar-refractivity contribution in [2.75, 3.05) is 13.2 Å². The molecule has 1 fully saturated rings. The number of rotatable bonds is 5. The van der Waals surface area contributed by atoms with Crippen LogP contribution in [-0.4, -0.2) is 25.1 Å². The first kappa shape index (κ1) is 13.3. The highest BCUT2D eigenvalue weighted by Crippen LogP contribution is 2.27. The van der Waals surface area contributed by atoms with Gasteiger partial charge in [0.2, 0.25) is 0 Å². The molecule has 0 aromatic heterocycles. The Morgan fingerprint density at radius 1 is 1.25 bits per heavy atom. The third kappa shape index (κ3) is 3.08. The average molecular weight is 333 g/mol. The fourth-order valence-electron chi connectivity index (χ4n) is 1.90. The normalized spacial score (nSPS) is 16.8. The van der Waals surface area contributed by atoms with Crippen molar-refractivity contribution in [3.8, 4) is 5.75 Å². The summed E-state index contributed by atoms with van der Waals surface area (Å²) in [7, 11) is 0. The maximum absolute atomic E-state index is 12.5. The molecule has 20 heavy (non-hydrogen) atoms. The predicted octanol–water partition coefficient (Wildman–Crippen LogP) is 3.46. The first-order valence-electron chi connectivity index (χ1n) is 6.38. The number of ether oxygens (including phenoxy) is 2. The highest BCUT2D eigenvalue weighted by Gasteiger charge is 2.24. The van der Waals surface area contributed by atoms with Crippen molar-refractivity contribution in [2.24, 2.45) is 0 Å². The molecule has 0 spiro atoms. The minimum absolute atomic E-state index is 0.0372. The molecule has 4 heteroatoms. The third-order valence-corrected chi connectivity index (χ3v) is 3.54. The second-order valence-corrected chi connectivity index (χ2v) is 5.52. The molecule has 3 nitrogen and oxygen atoms in total. The van der Waals surface area contributed by atoms with Crippen molar-refractivity contribution in [2.45, 2.75) is 6.10 Å². The van der Waals surface area contributed by atoms with Gasteiger partial charge < -0.3 is 9.47 Å². The van der Waals surface area contributed by atoms with Gasteiger partial charge in [-0.25, -0.2) is 0 Å². The van der Waals surface area contributed by atoms with Crippen LogP contribution >= 0.6 is 15.9 Å². The molecule has 2 aromatic rings. The molecule has 102 valence electrons. The van der Waals surface area contributed by atoms with Gasteiger partial charge >= 0.3 is 0 Å². The monoisotopic (exact) mass is 332 g/mol. The summed E-state index contributed by atoms with van der Waals surface area (Å²) < 4.78 is 11.7. The van der Waals surface area contributed by atoms with Crippen LogP contribution < -0.4 is 4.74 Å². The van der Waals surface area contributed by atoms with E-state index in [0.29, 0.717) is 23.5 Å². The Balaban J connectivity index is 1.89. The molecule has 1 atom stereocenters. The summed E-state index contributed by atoms with van der Waals surface area (Å²) in [5.74, 6) is 0.550. The minimum Gasteiger partial charge on any atom is -0.490 e. The molecule has 2 aromatic carbocycles. The maximum atomic E-state index is 12.5. The van der Waals surface area contributed by atoms with Crippen LogP contribution in [0.15, 0.2) is 53.0 Å². The topological polar surface area (TPSA) is 38.8 Å². The molecule has 1 heterocycles. The minimum atomic E-state index is -0.0372. The Morgan fingerprint density at radius 2 is 2.00 bits per heavy atom. The molecule has 0 radical (unpaired) electrons. The van der Waals surface area contributed by atoms with Crippen LogP contribution in [0.1, 0.15) is 15.9 Å². The Kier molecular flexibility index (Phi) is 3.85. The van der Waals surface area contributed by atoms with Gasteiger partial charge in [0.25, 0.3) is 0 Å². The number of epoxide rings is 1. The molecule has 0 N–H and O–H groups in total.